The van der Waals surface area contributed by atoms with E-state index in [4.69, 9.17) is 0 Å². The number of ketones is 1. The van der Waals surface area contributed by atoms with Crippen LogP contribution in [-0.4, -0.2) is 23.4 Å². The number of halogens is 3. The molecule has 0 N–H and O–H groups in total. The molecule has 122 valence electrons. The van der Waals surface area contributed by atoms with Crippen LogP contribution in [0.2, 0.25) is 0 Å². The number of hydrogen-bond donors (Lipinski definition) is 0. The van der Waals surface area contributed by atoms with Crippen molar-refractivity contribution in [1.29, 1.82) is 0 Å². The van der Waals surface area contributed by atoms with Crippen LogP contribution in [0, 0.1) is 0 Å². The maximum Gasteiger partial charge on any atom is 0.450 e. The van der Waals surface area contributed by atoms with Gasteiger partial charge in [0.2, 0.25) is 5.78 Å². The number of nitrogens with zero attached hydrogens (tertiary/aromatic N) is 1. The van der Waals surface area contributed by atoms with Gasteiger partial charge >= 0.3 is 6.18 Å². The van der Waals surface area contributed by atoms with Crippen LogP contribution in [0.5, 0.6) is 0 Å². The van der Waals surface area contributed by atoms with Crippen molar-refractivity contribution in [2.24, 2.45) is 0 Å². The molecule has 0 spiro atoms. The molecule has 0 bridgehead atoms. The summed E-state index contributed by atoms with van der Waals surface area (Å²) in [5.74, 6) is -1.68. The predicted octanol–water partition coefficient (Wildman–Crippen LogP) is 4.21. The van der Waals surface area contributed by atoms with Gasteiger partial charge in [-0.1, -0.05) is 60.7 Å². The highest BCUT2D eigenvalue weighted by Gasteiger charge is 2.37. The van der Waals surface area contributed by atoms with Crippen LogP contribution in [0.15, 0.2) is 60.7 Å². The summed E-state index contributed by atoms with van der Waals surface area (Å²) in [5.41, 5.74) is 2.01. The molecule has 2 aromatic rings. The molecule has 0 saturated heterocycles. The minimum absolute atomic E-state index is 0.0716. The highest BCUT2D eigenvalue weighted by atomic mass is 19.4. The van der Waals surface area contributed by atoms with E-state index in [1.807, 2.05) is 65.6 Å². The van der Waals surface area contributed by atoms with E-state index in [9.17, 15) is 18.0 Å². The Morgan fingerprint density at radius 2 is 1.26 bits per heavy atom. The third kappa shape index (κ3) is 5.87. The number of carbonyl (C=O) groups excluding carboxylic acids is 1. The highest BCUT2D eigenvalue weighted by molar-refractivity contribution is 5.84. The summed E-state index contributed by atoms with van der Waals surface area (Å²) in [7, 11) is 0. The van der Waals surface area contributed by atoms with Gasteiger partial charge in [-0.25, -0.2) is 0 Å². The molecule has 0 radical (unpaired) electrons. The largest absolute Gasteiger partial charge is 0.450 e. The number of benzene rings is 2. The van der Waals surface area contributed by atoms with E-state index < -0.39 is 18.4 Å². The summed E-state index contributed by atoms with van der Waals surface area (Å²) < 4.78 is 37.2. The van der Waals surface area contributed by atoms with Crippen LogP contribution in [0.1, 0.15) is 17.5 Å². The van der Waals surface area contributed by atoms with Crippen LogP contribution < -0.4 is 0 Å². The Morgan fingerprint density at radius 1 is 0.826 bits per heavy atom. The molecule has 0 fully saturated rings. The first-order chi connectivity index (χ1) is 10.9. The number of hydrogen-bond acceptors (Lipinski definition) is 2. The monoisotopic (exact) mass is 321 g/mol. The second kappa shape index (κ2) is 7.92. The number of alkyl halides is 3. The quantitative estimate of drug-likeness (QED) is 0.761. The van der Waals surface area contributed by atoms with Gasteiger partial charge in [0.1, 0.15) is 0 Å². The van der Waals surface area contributed by atoms with Gasteiger partial charge < -0.3 is 0 Å². The third-order valence-corrected chi connectivity index (χ3v) is 3.47. The Hall–Kier alpha value is -2.14. The first-order valence-corrected chi connectivity index (χ1v) is 7.35. The maximum absolute atomic E-state index is 12.4. The third-order valence-electron chi connectivity index (χ3n) is 3.47. The SMILES string of the molecule is O=C(CCN(Cc1ccccc1)Cc1ccccc1)C(F)(F)F. The molecule has 0 aliphatic rings. The van der Waals surface area contributed by atoms with E-state index in [0.29, 0.717) is 13.1 Å². The predicted molar refractivity (Wildman–Crippen MR) is 82.7 cm³/mol. The van der Waals surface area contributed by atoms with Gasteiger partial charge in [-0.15, -0.1) is 0 Å². The summed E-state index contributed by atoms with van der Waals surface area (Å²) in [6.07, 6.45) is -5.28. The lowest BCUT2D eigenvalue weighted by Gasteiger charge is -2.22. The van der Waals surface area contributed by atoms with Crippen LogP contribution in [0.25, 0.3) is 0 Å². The van der Waals surface area contributed by atoms with Crippen molar-refractivity contribution < 1.29 is 18.0 Å². The first-order valence-electron chi connectivity index (χ1n) is 7.35. The molecule has 5 heteroatoms. The summed E-state index contributed by atoms with van der Waals surface area (Å²) in [4.78, 5) is 13.0. The van der Waals surface area contributed by atoms with Gasteiger partial charge in [0.25, 0.3) is 0 Å². The van der Waals surface area contributed by atoms with E-state index in [-0.39, 0.29) is 6.54 Å². The fourth-order valence-corrected chi connectivity index (χ4v) is 2.30. The smallest absolute Gasteiger partial charge is 0.294 e. The fraction of sp³-hybridized carbons (Fsp3) is 0.278. The van der Waals surface area contributed by atoms with Gasteiger partial charge in [0.15, 0.2) is 0 Å². The summed E-state index contributed by atoms with van der Waals surface area (Å²) in [5, 5.41) is 0. The lowest BCUT2D eigenvalue weighted by Crippen LogP contribution is -2.30. The molecular formula is C18H18F3NO. The van der Waals surface area contributed by atoms with Crippen molar-refractivity contribution in [3.8, 4) is 0 Å². The first kappa shape index (κ1) is 17.2. The standard InChI is InChI=1S/C18H18F3NO/c19-18(20,21)17(23)11-12-22(13-15-7-3-1-4-8-15)14-16-9-5-2-6-10-16/h1-10H,11-14H2. The normalized spacial score (nSPS) is 11.7. The summed E-state index contributed by atoms with van der Waals surface area (Å²) in [6, 6.07) is 19.0. The zero-order valence-corrected chi connectivity index (χ0v) is 12.6. The van der Waals surface area contributed by atoms with Crippen molar-refractivity contribution >= 4 is 5.78 Å². The molecule has 0 heterocycles. The summed E-state index contributed by atoms with van der Waals surface area (Å²) in [6.45, 7) is 1.07. The van der Waals surface area contributed by atoms with Gasteiger partial charge in [0, 0.05) is 26.1 Å². The van der Waals surface area contributed by atoms with Gasteiger partial charge in [-0.3, -0.25) is 9.69 Å². The molecule has 2 rings (SSSR count). The van der Waals surface area contributed by atoms with Crippen LogP contribution in [0.4, 0.5) is 13.2 Å². The number of Topliss-reactive ketones (excluding diaryl/α,β-unsaturated/α-hetero) is 1. The molecule has 0 unspecified atom stereocenters. The minimum atomic E-state index is -4.76. The van der Waals surface area contributed by atoms with Crippen LogP contribution in [0.3, 0.4) is 0 Å². The van der Waals surface area contributed by atoms with Gasteiger partial charge in [0.05, 0.1) is 0 Å². The zero-order chi connectivity index (χ0) is 16.7. The molecule has 0 aromatic heterocycles. The molecule has 0 aliphatic heterocycles. The molecule has 0 saturated carbocycles. The lowest BCUT2D eigenvalue weighted by molar-refractivity contribution is -0.171. The molecule has 0 amide bonds. The van der Waals surface area contributed by atoms with E-state index in [1.54, 1.807) is 0 Å². The molecule has 0 aliphatic carbocycles. The van der Waals surface area contributed by atoms with E-state index in [0.717, 1.165) is 11.1 Å². The Kier molecular flexibility index (Phi) is 5.93. The highest BCUT2D eigenvalue weighted by Crippen LogP contribution is 2.19. The van der Waals surface area contributed by atoms with Crippen molar-refractivity contribution in [2.75, 3.05) is 6.54 Å². The second-order valence-corrected chi connectivity index (χ2v) is 5.35. The summed E-state index contributed by atoms with van der Waals surface area (Å²) >= 11 is 0. The maximum atomic E-state index is 12.4. The minimum Gasteiger partial charge on any atom is -0.294 e. The Bertz CT molecular complexity index is 570. The van der Waals surface area contributed by atoms with Crippen molar-refractivity contribution in [2.45, 2.75) is 25.7 Å². The second-order valence-electron chi connectivity index (χ2n) is 5.35. The van der Waals surface area contributed by atoms with Gasteiger partial charge in [-0.2, -0.15) is 13.2 Å². The lowest BCUT2D eigenvalue weighted by atomic mass is 10.1. The fourth-order valence-electron chi connectivity index (χ4n) is 2.30. The molecular weight excluding hydrogens is 303 g/mol. The molecule has 2 aromatic carbocycles. The van der Waals surface area contributed by atoms with E-state index in [2.05, 4.69) is 0 Å². The van der Waals surface area contributed by atoms with Crippen molar-refractivity contribution in [1.82, 2.24) is 4.90 Å². The van der Waals surface area contributed by atoms with Crippen LogP contribution >= 0.6 is 0 Å². The van der Waals surface area contributed by atoms with Crippen LogP contribution in [-0.2, 0) is 17.9 Å². The Balaban J connectivity index is 2.03. The number of carbonyl (C=O) groups is 1. The van der Waals surface area contributed by atoms with Crippen molar-refractivity contribution in [3.05, 3.63) is 71.8 Å². The van der Waals surface area contributed by atoms with Crippen molar-refractivity contribution in [3.63, 3.8) is 0 Å². The molecule has 2 nitrogen and oxygen atoms in total. The molecule has 23 heavy (non-hydrogen) atoms. The zero-order valence-electron chi connectivity index (χ0n) is 12.6. The Morgan fingerprint density at radius 3 is 1.65 bits per heavy atom. The van der Waals surface area contributed by atoms with E-state index in [1.165, 1.54) is 0 Å². The Labute approximate surface area is 133 Å². The number of rotatable bonds is 7. The average molecular weight is 321 g/mol. The molecule has 0 atom stereocenters. The van der Waals surface area contributed by atoms with Gasteiger partial charge in [-0.05, 0) is 11.1 Å². The van der Waals surface area contributed by atoms with E-state index >= 15 is 0 Å². The topological polar surface area (TPSA) is 20.3 Å². The average Bonchev–Trinajstić information content (AvgIpc) is 2.53.